The van der Waals surface area contributed by atoms with E-state index in [2.05, 4.69) is 5.32 Å². The van der Waals surface area contributed by atoms with Crippen LogP contribution in [0.4, 0.5) is 10.5 Å². The molecule has 0 aromatic heterocycles. The van der Waals surface area contributed by atoms with Crippen molar-refractivity contribution in [1.29, 1.82) is 0 Å². The normalized spacial score (nSPS) is 14.5. The molecule has 1 fully saturated rings. The molecular formula is C26H21ClN2O4S. The monoisotopic (exact) mass is 492 g/mol. The standard InChI is InChI=1S/C26H21ClN2O4S/c1-17-7-6-10-20(13-17)28-24(30)16-33-22-12-5-3-8-18(22)14-23-25(31)29(26(32)34-23)15-19-9-2-4-11-21(19)27/h2-14H,15-16H2,1H3,(H,28,30)/b23-14-. The molecule has 172 valence electrons. The van der Waals surface area contributed by atoms with Crippen molar-refractivity contribution in [3.63, 3.8) is 0 Å². The van der Waals surface area contributed by atoms with Crippen LogP contribution in [0.25, 0.3) is 6.08 Å². The van der Waals surface area contributed by atoms with Gasteiger partial charge in [0.15, 0.2) is 6.61 Å². The highest BCUT2D eigenvalue weighted by molar-refractivity contribution is 8.18. The topological polar surface area (TPSA) is 75.7 Å². The van der Waals surface area contributed by atoms with Crippen LogP contribution in [-0.4, -0.2) is 28.6 Å². The van der Waals surface area contributed by atoms with Gasteiger partial charge in [0.2, 0.25) is 0 Å². The van der Waals surface area contributed by atoms with E-state index in [1.807, 2.05) is 25.1 Å². The molecule has 8 heteroatoms. The summed E-state index contributed by atoms with van der Waals surface area (Å²) in [5.74, 6) is -0.276. The molecule has 1 N–H and O–H groups in total. The third kappa shape index (κ3) is 5.68. The summed E-state index contributed by atoms with van der Waals surface area (Å²) in [5, 5.41) is 2.92. The highest BCUT2D eigenvalue weighted by Gasteiger charge is 2.35. The number of para-hydroxylation sites is 1. The third-order valence-corrected chi connectivity index (χ3v) is 6.30. The maximum Gasteiger partial charge on any atom is 0.293 e. The number of nitrogens with zero attached hydrogens (tertiary/aromatic N) is 1. The molecule has 1 heterocycles. The molecule has 6 nitrogen and oxygen atoms in total. The van der Waals surface area contributed by atoms with Crippen LogP contribution in [0, 0.1) is 6.92 Å². The molecule has 0 radical (unpaired) electrons. The molecule has 3 aromatic rings. The van der Waals surface area contributed by atoms with Crippen LogP contribution in [-0.2, 0) is 16.1 Å². The first-order valence-electron chi connectivity index (χ1n) is 10.5. The Hall–Kier alpha value is -3.55. The maximum absolute atomic E-state index is 12.9. The minimum Gasteiger partial charge on any atom is -0.483 e. The summed E-state index contributed by atoms with van der Waals surface area (Å²) >= 11 is 7.04. The molecule has 0 bridgehead atoms. The Morgan fingerprint density at radius 1 is 1.06 bits per heavy atom. The number of rotatable bonds is 7. The largest absolute Gasteiger partial charge is 0.483 e. The van der Waals surface area contributed by atoms with Gasteiger partial charge >= 0.3 is 0 Å². The van der Waals surface area contributed by atoms with Crippen LogP contribution in [0.15, 0.2) is 77.7 Å². The van der Waals surface area contributed by atoms with Gasteiger partial charge in [-0.25, -0.2) is 0 Å². The van der Waals surface area contributed by atoms with Gasteiger partial charge in [-0.05, 0) is 60.2 Å². The number of benzene rings is 3. The van der Waals surface area contributed by atoms with Crippen molar-refractivity contribution in [3.8, 4) is 5.75 Å². The van der Waals surface area contributed by atoms with Crippen LogP contribution in [0.1, 0.15) is 16.7 Å². The van der Waals surface area contributed by atoms with E-state index >= 15 is 0 Å². The summed E-state index contributed by atoms with van der Waals surface area (Å²) in [6.07, 6.45) is 1.60. The molecule has 4 rings (SSSR count). The lowest BCUT2D eigenvalue weighted by Crippen LogP contribution is -2.27. The lowest BCUT2D eigenvalue weighted by atomic mass is 10.1. The molecule has 3 amide bonds. The SMILES string of the molecule is Cc1cccc(NC(=O)COc2ccccc2/C=C2\SC(=O)N(Cc3ccccc3Cl)C2=O)c1. The number of hydrogen-bond donors (Lipinski definition) is 1. The Bertz CT molecular complexity index is 1290. The highest BCUT2D eigenvalue weighted by Crippen LogP contribution is 2.35. The molecule has 0 spiro atoms. The summed E-state index contributed by atoms with van der Waals surface area (Å²) in [6.45, 7) is 1.84. The highest BCUT2D eigenvalue weighted by atomic mass is 35.5. The number of thioether (sulfide) groups is 1. The van der Waals surface area contributed by atoms with Crippen LogP contribution in [0.5, 0.6) is 5.75 Å². The van der Waals surface area contributed by atoms with Gasteiger partial charge in [0.25, 0.3) is 17.1 Å². The van der Waals surface area contributed by atoms with E-state index in [1.54, 1.807) is 60.7 Å². The van der Waals surface area contributed by atoms with Crippen molar-refractivity contribution >= 4 is 52.2 Å². The van der Waals surface area contributed by atoms with Gasteiger partial charge in [-0.2, -0.15) is 0 Å². The van der Waals surface area contributed by atoms with Gasteiger partial charge in [-0.15, -0.1) is 0 Å². The molecule has 1 aliphatic rings. The molecule has 0 atom stereocenters. The first-order valence-corrected chi connectivity index (χ1v) is 11.7. The number of halogens is 1. The number of anilines is 1. The molecule has 1 aliphatic heterocycles. The van der Waals surface area contributed by atoms with Crippen molar-refractivity contribution < 1.29 is 19.1 Å². The Labute approximate surface area is 206 Å². The number of aryl methyl sites for hydroxylation is 1. The number of carbonyl (C=O) groups excluding carboxylic acids is 3. The minimum atomic E-state index is -0.401. The van der Waals surface area contributed by atoms with Gasteiger partial charge < -0.3 is 10.1 Å². The van der Waals surface area contributed by atoms with E-state index in [-0.39, 0.29) is 29.2 Å². The zero-order valence-corrected chi connectivity index (χ0v) is 19.9. The number of amides is 3. The fourth-order valence-corrected chi connectivity index (χ4v) is 4.39. The van der Waals surface area contributed by atoms with Crippen molar-refractivity contribution in [2.45, 2.75) is 13.5 Å². The second kappa shape index (κ2) is 10.6. The second-order valence-corrected chi connectivity index (χ2v) is 9.00. The van der Waals surface area contributed by atoms with Crippen LogP contribution in [0.2, 0.25) is 5.02 Å². The second-order valence-electron chi connectivity index (χ2n) is 7.60. The van der Waals surface area contributed by atoms with Crippen molar-refractivity contribution in [2.24, 2.45) is 0 Å². The average molecular weight is 493 g/mol. The summed E-state index contributed by atoms with van der Waals surface area (Å²) in [4.78, 5) is 39.2. The Kier molecular flexibility index (Phi) is 7.35. The van der Waals surface area contributed by atoms with E-state index in [0.29, 0.717) is 27.6 Å². The number of carbonyl (C=O) groups is 3. The van der Waals surface area contributed by atoms with Gasteiger partial charge in [-0.3, -0.25) is 19.3 Å². The smallest absolute Gasteiger partial charge is 0.293 e. The lowest BCUT2D eigenvalue weighted by molar-refractivity contribution is -0.123. The third-order valence-electron chi connectivity index (χ3n) is 5.03. The van der Waals surface area contributed by atoms with E-state index in [0.717, 1.165) is 22.2 Å². The predicted molar refractivity (Wildman–Crippen MR) is 135 cm³/mol. The first-order chi connectivity index (χ1) is 16.4. The van der Waals surface area contributed by atoms with Crippen LogP contribution >= 0.6 is 23.4 Å². The Morgan fingerprint density at radius 3 is 2.62 bits per heavy atom. The van der Waals surface area contributed by atoms with Gasteiger partial charge in [0, 0.05) is 16.3 Å². The maximum atomic E-state index is 12.9. The summed E-state index contributed by atoms with van der Waals surface area (Å²) in [6, 6.07) is 21.6. The predicted octanol–water partition coefficient (Wildman–Crippen LogP) is 5.90. The molecule has 0 unspecified atom stereocenters. The van der Waals surface area contributed by atoms with Gasteiger partial charge in [-0.1, -0.05) is 60.1 Å². The summed E-state index contributed by atoms with van der Waals surface area (Å²) in [7, 11) is 0. The fraction of sp³-hybridized carbons (Fsp3) is 0.115. The van der Waals surface area contributed by atoms with E-state index < -0.39 is 5.91 Å². The Morgan fingerprint density at radius 2 is 1.82 bits per heavy atom. The van der Waals surface area contributed by atoms with Crippen molar-refractivity contribution in [1.82, 2.24) is 4.90 Å². The molecule has 0 saturated carbocycles. The molecule has 3 aromatic carbocycles. The van der Waals surface area contributed by atoms with Gasteiger partial charge in [0.05, 0.1) is 11.4 Å². The number of hydrogen-bond acceptors (Lipinski definition) is 5. The van der Waals surface area contributed by atoms with E-state index in [1.165, 1.54) is 0 Å². The molecule has 34 heavy (non-hydrogen) atoms. The lowest BCUT2D eigenvalue weighted by Gasteiger charge is -2.13. The number of nitrogens with one attached hydrogen (secondary N) is 1. The first kappa shape index (κ1) is 23.6. The van der Waals surface area contributed by atoms with E-state index in [4.69, 9.17) is 16.3 Å². The fourth-order valence-electron chi connectivity index (χ4n) is 3.37. The molecule has 0 aliphatic carbocycles. The van der Waals surface area contributed by atoms with Crippen LogP contribution in [0.3, 0.4) is 0 Å². The van der Waals surface area contributed by atoms with Gasteiger partial charge in [0.1, 0.15) is 5.75 Å². The van der Waals surface area contributed by atoms with Crippen molar-refractivity contribution in [3.05, 3.63) is 99.4 Å². The molecule has 1 saturated heterocycles. The number of ether oxygens (including phenoxy) is 1. The quantitative estimate of drug-likeness (QED) is 0.415. The van der Waals surface area contributed by atoms with Crippen molar-refractivity contribution in [2.75, 3.05) is 11.9 Å². The van der Waals surface area contributed by atoms with E-state index in [9.17, 15) is 14.4 Å². The zero-order chi connectivity index (χ0) is 24.1. The van der Waals surface area contributed by atoms with Crippen LogP contribution < -0.4 is 10.1 Å². The zero-order valence-electron chi connectivity index (χ0n) is 18.3. The summed E-state index contributed by atoms with van der Waals surface area (Å²) < 4.78 is 5.72. The average Bonchev–Trinajstić information content (AvgIpc) is 3.07. The number of imide groups is 1. The summed E-state index contributed by atoms with van der Waals surface area (Å²) in [5.41, 5.74) is 3.01. The minimum absolute atomic E-state index is 0.0962. The molecular weight excluding hydrogens is 472 g/mol. The Balaban J connectivity index is 1.45.